The Balaban J connectivity index is 0. The van der Waals surface area contributed by atoms with Gasteiger partial charge in [-0.3, -0.25) is 9.36 Å². The molecule has 5 N–H and O–H groups in total. The van der Waals surface area contributed by atoms with Crippen molar-refractivity contribution in [2.45, 2.75) is 6.92 Å². The molecule has 0 radical (unpaired) electrons. The zero-order valence-electron chi connectivity index (χ0n) is 6.10. The number of carbonyl (C=O) groups is 1. The second-order valence-corrected chi connectivity index (χ2v) is 3.54. The van der Waals surface area contributed by atoms with E-state index in [1.807, 2.05) is 0 Å². The van der Waals surface area contributed by atoms with Crippen LogP contribution in [-0.4, -0.2) is 33.6 Å². The predicted molar refractivity (Wildman–Crippen MR) is 39.3 cm³/mol. The number of aliphatic carboxylic acids is 1. The molecule has 0 aliphatic rings. The topological polar surface area (TPSA) is 121 Å². The Kier molecular flexibility index (Phi) is 7.55. The first-order valence-corrected chi connectivity index (χ1v) is 4.59. The van der Waals surface area contributed by atoms with Crippen molar-refractivity contribution in [2.24, 2.45) is 5.73 Å². The van der Waals surface area contributed by atoms with Gasteiger partial charge in [-0.1, -0.05) is 6.92 Å². The molecule has 6 nitrogen and oxygen atoms in total. The summed E-state index contributed by atoms with van der Waals surface area (Å²) in [7, 11) is -3.65. The number of carboxylic acids is 1. The molecule has 0 rings (SSSR count). The van der Waals surface area contributed by atoms with Crippen LogP contribution in [0.25, 0.3) is 0 Å². The van der Waals surface area contributed by atoms with Gasteiger partial charge in [0.25, 0.3) is 0 Å². The Bertz CT molecular complexity index is 153. The summed E-state index contributed by atoms with van der Waals surface area (Å²) in [5.74, 6) is -0.968. The molecule has 0 heterocycles. The highest BCUT2D eigenvalue weighted by atomic mass is 31.2. The monoisotopic (exact) mass is 185 g/mol. The number of nitrogens with two attached hydrogens (primary N) is 1. The van der Waals surface area contributed by atoms with E-state index in [9.17, 15) is 9.36 Å². The molecule has 0 aromatic heterocycles. The van der Waals surface area contributed by atoms with E-state index in [0.717, 1.165) is 0 Å². The van der Waals surface area contributed by atoms with Gasteiger partial charge in [0.2, 0.25) is 0 Å². The third-order valence-electron chi connectivity index (χ3n) is 0.587. The molecular formula is C4H12NO5P. The number of hydrogen-bond acceptors (Lipinski definition) is 3. The van der Waals surface area contributed by atoms with E-state index in [0.29, 0.717) is 0 Å². The van der Waals surface area contributed by atoms with Crippen molar-refractivity contribution < 1.29 is 24.3 Å². The molecule has 0 aliphatic carbocycles. The molecule has 0 spiro atoms. The molecule has 0 fully saturated rings. The first-order valence-electron chi connectivity index (χ1n) is 2.80. The van der Waals surface area contributed by atoms with Crippen molar-refractivity contribution in [1.82, 2.24) is 0 Å². The Morgan fingerprint density at radius 1 is 1.55 bits per heavy atom. The van der Waals surface area contributed by atoms with Crippen molar-refractivity contribution in [2.75, 3.05) is 12.7 Å². The van der Waals surface area contributed by atoms with Crippen LogP contribution in [0.5, 0.6) is 0 Å². The lowest BCUT2D eigenvalue weighted by Crippen LogP contribution is -2.10. The molecule has 0 aromatic rings. The van der Waals surface area contributed by atoms with Crippen LogP contribution in [0.1, 0.15) is 6.92 Å². The molecule has 0 unspecified atom stereocenters. The minimum Gasteiger partial charge on any atom is -0.480 e. The summed E-state index contributed by atoms with van der Waals surface area (Å²) in [5.41, 5.74) is 4.57. The fourth-order valence-corrected chi connectivity index (χ4v) is 0. The highest BCUT2D eigenvalue weighted by Gasteiger charge is 2.05. The van der Waals surface area contributed by atoms with Gasteiger partial charge >= 0.3 is 13.6 Å². The van der Waals surface area contributed by atoms with Gasteiger partial charge in [0.15, 0.2) is 0 Å². The fraction of sp³-hybridized carbons (Fsp3) is 0.750. The van der Waals surface area contributed by atoms with Crippen molar-refractivity contribution in [3.05, 3.63) is 0 Å². The minimum atomic E-state index is -3.65. The Morgan fingerprint density at radius 2 is 1.73 bits per heavy atom. The van der Waals surface area contributed by atoms with Crippen LogP contribution < -0.4 is 5.73 Å². The fourth-order valence-electron chi connectivity index (χ4n) is 0. The molecule has 0 saturated heterocycles. The first-order chi connectivity index (χ1) is 4.83. The van der Waals surface area contributed by atoms with Gasteiger partial charge < -0.3 is 20.6 Å². The van der Waals surface area contributed by atoms with E-state index in [2.05, 4.69) is 5.73 Å². The summed E-state index contributed by atoms with van der Waals surface area (Å²) in [5, 5.41) is 7.60. The van der Waals surface area contributed by atoms with Crippen LogP contribution in [0.3, 0.4) is 0 Å². The van der Waals surface area contributed by atoms with Crippen LogP contribution >= 0.6 is 7.60 Å². The van der Waals surface area contributed by atoms with Gasteiger partial charge in [-0.25, -0.2) is 0 Å². The molecule has 0 aromatic carbocycles. The van der Waals surface area contributed by atoms with Crippen molar-refractivity contribution >= 4 is 13.6 Å². The van der Waals surface area contributed by atoms with E-state index in [1.165, 1.54) is 6.92 Å². The first kappa shape index (κ1) is 13.2. The maximum absolute atomic E-state index is 9.69. The summed E-state index contributed by atoms with van der Waals surface area (Å²) in [6.45, 7) is 1.17. The molecule has 0 atom stereocenters. The van der Waals surface area contributed by atoms with E-state index < -0.39 is 13.6 Å². The summed E-state index contributed by atoms with van der Waals surface area (Å²) in [4.78, 5) is 25.1. The van der Waals surface area contributed by atoms with Crippen molar-refractivity contribution in [3.63, 3.8) is 0 Å². The summed E-state index contributed by atoms with van der Waals surface area (Å²) >= 11 is 0. The Hall–Kier alpha value is -0.420. The molecule has 0 saturated carbocycles. The SMILES string of the molecule is CCP(=O)(O)O.NCC(=O)O. The molecule has 0 aliphatic heterocycles. The lowest BCUT2D eigenvalue weighted by atomic mass is 10.7. The lowest BCUT2D eigenvalue weighted by Gasteiger charge is -1.92. The van der Waals surface area contributed by atoms with Crippen LogP contribution in [0, 0.1) is 0 Å². The third-order valence-corrected chi connectivity index (χ3v) is 1.41. The van der Waals surface area contributed by atoms with Gasteiger partial charge in [0.1, 0.15) is 0 Å². The van der Waals surface area contributed by atoms with E-state index in [-0.39, 0.29) is 12.7 Å². The van der Waals surface area contributed by atoms with Crippen molar-refractivity contribution in [3.8, 4) is 0 Å². The largest absolute Gasteiger partial charge is 0.480 e. The second kappa shape index (κ2) is 6.30. The number of hydrogen-bond donors (Lipinski definition) is 4. The van der Waals surface area contributed by atoms with Crippen LogP contribution in [0.4, 0.5) is 0 Å². The van der Waals surface area contributed by atoms with Gasteiger partial charge in [0.05, 0.1) is 6.54 Å². The van der Waals surface area contributed by atoms with Gasteiger partial charge in [-0.15, -0.1) is 0 Å². The van der Waals surface area contributed by atoms with Gasteiger partial charge in [-0.2, -0.15) is 0 Å². The summed E-state index contributed by atoms with van der Waals surface area (Å²) < 4.78 is 9.69. The molecule has 68 valence electrons. The average Bonchev–Trinajstić information content (AvgIpc) is 1.88. The zero-order valence-corrected chi connectivity index (χ0v) is 6.99. The third kappa shape index (κ3) is 26.2. The zero-order chi connectivity index (χ0) is 9.49. The number of rotatable bonds is 2. The smallest absolute Gasteiger partial charge is 0.325 e. The standard InChI is InChI=1S/C2H5NO2.C2H7O3P/c3-1-2(4)5;1-2-6(3,4)5/h1,3H2,(H,4,5);2H2,1H3,(H2,3,4,5). The predicted octanol–water partition coefficient (Wildman–Crippen LogP) is -0.786. The Labute approximate surface area is 64.2 Å². The highest BCUT2D eigenvalue weighted by Crippen LogP contribution is 2.32. The molecule has 7 heteroatoms. The number of carboxylic acid groups (broad SMARTS) is 1. The van der Waals surface area contributed by atoms with Crippen LogP contribution in [-0.2, 0) is 9.36 Å². The van der Waals surface area contributed by atoms with E-state index in [4.69, 9.17) is 14.9 Å². The molecule has 0 bridgehead atoms. The normalized spacial score (nSPS) is 9.82. The van der Waals surface area contributed by atoms with Crippen LogP contribution in [0.15, 0.2) is 0 Å². The minimum absolute atomic E-state index is 0.0625. The quantitative estimate of drug-likeness (QED) is 0.418. The van der Waals surface area contributed by atoms with Gasteiger partial charge in [-0.05, 0) is 0 Å². The van der Waals surface area contributed by atoms with Gasteiger partial charge in [0, 0.05) is 6.16 Å². The second-order valence-electron chi connectivity index (χ2n) is 1.58. The van der Waals surface area contributed by atoms with E-state index >= 15 is 0 Å². The van der Waals surface area contributed by atoms with Crippen LogP contribution in [0.2, 0.25) is 0 Å². The lowest BCUT2D eigenvalue weighted by molar-refractivity contribution is -0.135. The molecule has 11 heavy (non-hydrogen) atoms. The highest BCUT2D eigenvalue weighted by molar-refractivity contribution is 7.51. The maximum Gasteiger partial charge on any atom is 0.325 e. The summed E-state index contributed by atoms with van der Waals surface area (Å²) in [6.07, 6.45) is -0.0625. The summed E-state index contributed by atoms with van der Waals surface area (Å²) in [6, 6.07) is 0. The molecular weight excluding hydrogens is 173 g/mol. The van der Waals surface area contributed by atoms with E-state index in [1.54, 1.807) is 0 Å². The maximum atomic E-state index is 9.69. The molecule has 0 amide bonds. The Morgan fingerprint density at radius 3 is 1.73 bits per heavy atom. The van der Waals surface area contributed by atoms with Crippen molar-refractivity contribution in [1.29, 1.82) is 0 Å². The average molecular weight is 185 g/mol.